The fourth-order valence-electron chi connectivity index (χ4n) is 3.38. The van der Waals surface area contributed by atoms with E-state index >= 15 is 0 Å². The number of guanidine groups is 1. The first-order chi connectivity index (χ1) is 13.9. The number of carbonyl (C=O) groups is 1. The van der Waals surface area contributed by atoms with Crippen molar-refractivity contribution in [2.24, 2.45) is 10.9 Å². The number of aliphatic imine (C=N–C) groups is 1. The largest absolute Gasteiger partial charge is 0.466 e. The third-order valence-corrected chi connectivity index (χ3v) is 6.54. The quantitative estimate of drug-likeness (QED) is 0.284. The smallest absolute Gasteiger partial charge is 0.309 e. The summed E-state index contributed by atoms with van der Waals surface area (Å²) >= 11 is 0. The number of benzene rings is 1. The van der Waals surface area contributed by atoms with E-state index in [1.165, 1.54) is 0 Å². The highest BCUT2D eigenvalue weighted by Gasteiger charge is 2.27. The molecule has 8 heteroatoms. The molecule has 1 heterocycles. The van der Waals surface area contributed by atoms with Crippen molar-refractivity contribution in [1.29, 1.82) is 0 Å². The van der Waals surface area contributed by atoms with Crippen LogP contribution in [-0.2, 0) is 25.1 Å². The van der Waals surface area contributed by atoms with Crippen molar-refractivity contribution in [2.45, 2.75) is 38.9 Å². The highest BCUT2D eigenvalue weighted by Crippen LogP contribution is 2.18. The number of nitrogens with one attached hydrogen (secondary N) is 1. The van der Waals surface area contributed by atoms with Crippen LogP contribution < -0.4 is 5.32 Å². The summed E-state index contributed by atoms with van der Waals surface area (Å²) in [5, 5.41) is 3.27. The van der Waals surface area contributed by atoms with Gasteiger partial charge < -0.3 is 15.0 Å². The molecule has 0 saturated carbocycles. The van der Waals surface area contributed by atoms with Crippen molar-refractivity contribution < 1.29 is 17.9 Å². The lowest BCUT2D eigenvalue weighted by molar-refractivity contribution is -0.149. The summed E-state index contributed by atoms with van der Waals surface area (Å²) in [4.78, 5) is 18.6. The number of ether oxygens (including phenoxy) is 1. The van der Waals surface area contributed by atoms with Gasteiger partial charge in [-0.05, 0) is 38.7 Å². The molecule has 2 rings (SSSR count). The number of likely N-dealkylation sites (tertiary alicyclic amines) is 1. The molecule has 0 unspecified atom stereocenters. The Balaban J connectivity index is 1.82. The first-order valence-corrected chi connectivity index (χ1v) is 12.2. The van der Waals surface area contributed by atoms with Gasteiger partial charge in [-0.25, -0.2) is 8.42 Å². The van der Waals surface area contributed by atoms with E-state index in [2.05, 4.69) is 15.2 Å². The Morgan fingerprint density at radius 2 is 1.90 bits per heavy atom. The third-order valence-electron chi connectivity index (χ3n) is 4.85. The number of piperidine rings is 1. The zero-order valence-electron chi connectivity index (χ0n) is 17.5. The van der Waals surface area contributed by atoms with Crippen molar-refractivity contribution in [3.05, 3.63) is 35.9 Å². The molecule has 1 aliphatic heterocycles. The van der Waals surface area contributed by atoms with Crippen molar-refractivity contribution in [3.8, 4) is 0 Å². The topological polar surface area (TPSA) is 88.1 Å². The summed E-state index contributed by atoms with van der Waals surface area (Å²) in [7, 11) is -3.15. The summed E-state index contributed by atoms with van der Waals surface area (Å²) in [6, 6.07) is 9.24. The van der Waals surface area contributed by atoms with E-state index in [1.807, 2.05) is 44.2 Å². The van der Waals surface area contributed by atoms with Gasteiger partial charge in [-0.15, -0.1) is 0 Å². The summed E-state index contributed by atoms with van der Waals surface area (Å²) < 4.78 is 29.7. The lowest BCUT2D eigenvalue weighted by atomic mass is 9.97. The molecule has 29 heavy (non-hydrogen) atoms. The van der Waals surface area contributed by atoms with Crippen LogP contribution in [0.4, 0.5) is 0 Å². The summed E-state index contributed by atoms with van der Waals surface area (Å²) in [6.45, 7) is 6.91. The van der Waals surface area contributed by atoms with Crippen LogP contribution in [0, 0.1) is 5.92 Å². The van der Waals surface area contributed by atoms with E-state index in [0.717, 1.165) is 44.0 Å². The molecule has 0 aromatic heterocycles. The van der Waals surface area contributed by atoms with Crippen LogP contribution in [0.3, 0.4) is 0 Å². The van der Waals surface area contributed by atoms with Crippen molar-refractivity contribution in [2.75, 3.05) is 38.5 Å². The standard InChI is InChI=1S/C21H33N3O4S/c1-3-22-21(24-14-11-19(12-15-24)20(25)28-4-2)23-13-8-16-29(26,27)17-18-9-6-5-7-10-18/h5-7,9-10,19H,3-4,8,11-17H2,1-2H3,(H,22,23). The zero-order chi connectivity index (χ0) is 21.1. The predicted molar refractivity (Wildman–Crippen MR) is 115 cm³/mol. The Hall–Kier alpha value is -2.09. The van der Waals surface area contributed by atoms with Crippen LogP contribution in [0.1, 0.15) is 38.7 Å². The molecule has 1 N–H and O–H groups in total. The monoisotopic (exact) mass is 423 g/mol. The maximum atomic E-state index is 12.3. The number of esters is 1. The third kappa shape index (κ3) is 8.04. The van der Waals surface area contributed by atoms with E-state index < -0.39 is 9.84 Å². The number of rotatable bonds is 9. The van der Waals surface area contributed by atoms with Gasteiger partial charge in [0.2, 0.25) is 0 Å². The lowest BCUT2D eigenvalue weighted by Crippen LogP contribution is -2.46. The van der Waals surface area contributed by atoms with Crippen LogP contribution in [0.2, 0.25) is 0 Å². The molecular weight excluding hydrogens is 390 g/mol. The predicted octanol–water partition coefficient (Wildman–Crippen LogP) is 2.23. The molecule has 1 saturated heterocycles. The second-order valence-corrected chi connectivity index (χ2v) is 9.36. The van der Waals surface area contributed by atoms with E-state index in [-0.39, 0.29) is 23.4 Å². The zero-order valence-corrected chi connectivity index (χ0v) is 18.3. The van der Waals surface area contributed by atoms with Gasteiger partial charge in [-0.2, -0.15) is 0 Å². The molecule has 0 aliphatic carbocycles. The Kier molecular flexibility index (Phi) is 9.44. The molecular formula is C21H33N3O4S. The fraction of sp³-hybridized carbons (Fsp3) is 0.619. The van der Waals surface area contributed by atoms with Gasteiger partial charge in [-0.1, -0.05) is 30.3 Å². The van der Waals surface area contributed by atoms with Gasteiger partial charge >= 0.3 is 5.97 Å². The number of carbonyl (C=O) groups excluding carboxylic acids is 1. The maximum absolute atomic E-state index is 12.3. The Morgan fingerprint density at radius 1 is 1.21 bits per heavy atom. The molecule has 1 aliphatic rings. The molecule has 0 atom stereocenters. The maximum Gasteiger partial charge on any atom is 0.309 e. The average Bonchev–Trinajstić information content (AvgIpc) is 2.71. The minimum atomic E-state index is -3.15. The molecule has 1 fully saturated rings. The minimum Gasteiger partial charge on any atom is -0.466 e. The number of hydrogen-bond donors (Lipinski definition) is 1. The van der Waals surface area contributed by atoms with Crippen LogP contribution in [0.25, 0.3) is 0 Å². The molecule has 7 nitrogen and oxygen atoms in total. The first kappa shape index (κ1) is 23.2. The number of hydrogen-bond acceptors (Lipinski definition) is 5. The lowest BCUT2D eigenvalue weighted by Gasteiger charge is -2.33. The SMILES string of the molecule is CCNC(=NCCCS(=O)(=O)Cc1ccccc1)N1CCC(C(=O)OCC)CC1. The molecule has 1 aromatic rings. The Labute approximate surface area is 174 Å². The van der Waals surface area contributed by atoms with Crippen molar-refractivity contribution >= 4 is 21.8 Å². The van der Waals surface area contributed by atoms with Gasteiger partial charge in [0, 0.05) is 26.2 Å². The van der Waals surface area contributed by atoms with Crippen molar-refractivity contribution in [1.82, 2.24) is 10.2 Å². The van der Waals surface area contributed by atoms with Crippen LogP contribution in [-0.4, -0.2) is 63.8 Å². The van der Waals surface area contributed by atoms with E-state index in [4.69, 9.17) is 4.74 Å². The molecule has 0 amide bonds. The van der Waals surface area contributed by atoms with Gasteiger partial charge in [0.25, 0.3) is 0 Å². The fourth-order valence-corrected chi connectivity index (χ4v) is 4.80. The number of nitrogens with zero attached hydrogens (tertiary/aromatic N) is 2. The van der Waals surface area contributed by atoms with Crippen molar-refractivity contribution in [3.63, 3.8) is 0 Å². The van der Waals surface area contributed by atoms with E-state index in [0.29, 0.717) is 19.6 Å². The van der Waals surface area contributed by atoms with Gasteiger partial charge in [0.1, 0.15) is 0 Å². The first-order valence-electron chi connectivity index (χ1n) is 10.4. The Morgan fingerprint density at radius 3 is 2.52 bits per heavy atom. The summed E-state index contributed by atoms with van der Waals surface area (Å²) in [6.07, 6.45) is 1.98. The Bertz CT molecular complexity index is 757. The minimum absolute atomic E-state index is 0.0443. The molecule has 0 radical (unpaired) electrons. The average molecular weight is 424 g/mol. The second kappa shape index (κ2) is 11.8. The highest BCUT2D eigenvalue weighted by molar-refractivity contribution is 7.90. The van der Waals surface area contributed by atoms with Gasteiger partial charge in [-0.3, -0.25) is 9.79 Å². The number of sulfone groups is 1. The molecule has 0 spiro atoms. The summed E-state index contributed by atoms with van der Waals surface area (Å²) in [5.74, 6) is 0.819. The second-order valence-electron chi connectivity index (χ2n) is 7.18. The summed E-state index contributed by atoms with van der Waals surface area (Å²) in [5.41, 5.74) is 0.814. The molecule has 1 aromatic carbocycles. The molecule has 0 bridgehead atoms. The van der Waals surface area contributed by atoms with Gasteiger partial charge in [0.05, 0.1) is 24.0 Å². The van der Waals surface area contributed by atoms with E-state index in [1.54, 1.807) is 0 Å². The van der Waals surface area contributed by atoms with Gasteiger partial charge in [0.15, 0.2) is 15.8 Å². The van der Waals surface area contributed by atoms with Crippen LogP contribution in [0.15, 0.2) is 35.3 Å². The normalized spacial score (nSPS) is 15.9. The van der Waals surface area contributed by atoms with Crippen LogP contribution >= 0.6 is 0 Å². The van der Waals surface area contributed by atoms with Crippen LogP contribution in [0.5, 0.6) is 0 Å². The molecule has 162 valence electrons. The highest BCUT2D eigenvalue weighted by atomic mass is 32.2. The van der Waals surface area contributed by atoms with E-state index in [9.17, 15) is 13.2 Å².